The van der Waals surface area contributed by atoms with Gasteiger partial charge in [-0.2, -0.15) is 24.2 Å². The summed E-state index contributed by atoms with van der Waals surface area (Å²) in [6, 6.07) is 0.600. The fourth-order valence-corrected chi connectivity index (χ4v) is 3.01. The number of ether oxygens (including phenoxy) is 3. The van der Waals surface area contributed by atoms with E-state index in [-0.39, 0.29) is 0 Å². The van der Waals surface area contributed by atoms with Gasteiger partial charge in [0.2, 0.25) is 0 Å². The van der Waals surface area contributed by atoms with Crippen molar-refractivity contribution in [3.8, 4) is 0 Å². The molecule has 0 saturated carbocycles. The van der Waals surface area contributed by atoms with E-state index in [1.807, 2.05) is 0 Å². The fraction of sp³-hybridized carbons (Fsp3) is 1.00. The van der Waals surface area contributed by atoms with Crippen LogP contribution in [0.5, 0.6) is 0 Å². The summed E-state index contributed by atoms with van der Waals surface area (Å²) in [5.41, 5.74) is 0. The first-order valence-corrected chi connectivity index (χ1v) is 8.06. The average molecular weight is 214 g/mol. The molecule has 0 aliphatic carbocycles. The maximum absolute atomic E-state index is 5.04. The molecule has 0 aromatic heterocycles. The molecule has 0 amide bonds. The minimum atomic E-state index is -1.33. The molecule has 68 valence electrons. The van der Waals surface area contributed by atoms with Crippen molar-refractivity contribution in [2.75, 3.05) is 21.3 Å². The smallest absolute Gasteiger partial charge is 0.280 e. The van der Waals surface area contributed by atoms with Crippen LogP contribution < -0.4 is 0 Å². The molecule has 0 bridgehead atoms. The lowest BCUT2D eigenvalue weighted by molar-refractivity contribution is -0.339. The summed E-state index contributed by atoms with van der Waals surface area (Å²) in [7, 11) is 3.26. The Labute approximate surface area is 79.1 Å². The van der Waals surface area contributed by atoms with Crippen molar-refractivity contribution in [1.82, 2.24) is 0 Å². The summed E-state index contributed by atoms with van der Waals surface area (Å²) in [6.07, 6.45) is 0. The Morgan fingerprint density at radius 1 is 1.09 bits per heavy atom. The van der Waals surface area contributed by atoms with Crippen LogP contribution in [0.4, 0.5) is 0 Å². The lowest BCUT2D eigenvalue weighted by Crippen LogP contribution is -2.37. The molecule has 0 fully saturated rings. The van der Waals surface area contributed by atoms with Crippen LogP contribution in [-0.4, -0.2) is 34.4 Å². The predicted molar refractivity (Wildman–Crippen MR) is 53.7 cm³/mol. The zero-order valence-electron chi connectivity index (χ0n) is 6.90. The Morgan fingerprint density at radius 2 is 1.45 bits per heavy atom. The second-order valence-corrected chi connectivity index (χ2v) is 8.31. The fourth-order valence-electron chi connectivity index (χ4n) is 0.724. The highest BCUT2D eigenvalue weighted by atomic mass is 32.5. The van der Waals surface area contributed by atoms with Crippen molar-refractivity contribution in [3.63, 3.8) is 0 Å². The summed E-state index contributed by atoms with van der Waals surface area (Å²) < 4.78 is 15.1. The number of methoxy groups -OCH3 is 3. The van der Waals surface area contributed by atoms with Crippen LogP contribution in [-0.2, 0) is 14.2 Å². The van der Waals surface area contributed by atoms with E-state index in [0.717, 1.165) is 0 Å². The highest BCUT2D eigenvalue weighted by Crippen LogP contribution is 2.22. The van der Waals surface area contributed by atoms with Crippen molar-refractivity contribution in [1.29, 1.82) is 0 Å². The summed E-state index contributed by atoms with van der Waals surface area (Å²) in [4.78, 5) is 0. The van der Waals surface area contributed by atoms with Gasteiger partial charge < -0.3 is 14.2 Å². The van der Waals surface area contributed by atoms with E-state index in [2.05, 4.69) is 24.2 Å². The quantitative estimate of drug-likeness (QED) is 0.400. The van der Waals surface area contributed by atoms with E-state index in [1.54, 1.807) is 0 Å². The van der Waals surface area contributed by atoms with Crippen LogP contribution in [0, 0.1) is 0 Å². The third-order valence-corrected chi connectivity index (χ3v) is 3.33. The Bertz CT molecular complexity index is 99.6. The molecule has 0 N–H and O–H groups in total. The van der Waals surface area contributed by atoms with E-state index >= 15 is 0 Å². The predicted octanol–water partition coefficient (Wildman–Crippen LogP) is 0.659. The molecule has 0 spiro atoms. The summed E-state index contributed by atoms with van der Waals surface area (Å²) in [6.45, 7) is 0. The van der Waals surface area contributed by atoms with Gasteiger partial charge in [-0.3, -0.25) is 0 Å². The molecule has 0 rings (SSSR count). The van der Waals surface area contributed by atoms with Crippen LogP contribution >= 0.6 is 24.2 Å². The molecule has 0 radical (unpaired) electrons. The molecule has 0 atom stereocenters. The van der Waals surface area contributed by atoms with Crippen molar-refractivity contribution in [2.24, 2.45) is 0 Å². The molecule has 0 unspecified atom stereocenters. The first kappa shape index (κ1) is 11.8. The molecule has 0 aliphatic rings. The number of thiol groups is 2. The molecule has 0 aliphatic heterocycles. The lowest BCUT2D eigenvalue weighted by Gasteiger charge is -2.29. The number of hydrogen-bond donors (Lipinski definition) is 2. The van der Waals surface area contributed by atoms with Crippen LogP contribution in [0.25, 0.3) is 0 Å². The summed E-state index contributed by atoms with van der Waals surface area (Å²) in [5.74, 6) is -0.944. The zero-order chi connectivity index (χ0) is 8.91. The summed E-state index contributed by atoms with van der Waals surface area (Å²) >= 11 is 8.43. The van der Waals surface area contributed by atoms with Gasteiger partial charge in [0.15, 0.2) is 7.10 Å². The highest BCUT2D eigenvalue weighted by Gasteiger charge is 2.31. The van der Waals surface area contributed by atoms with Gasteiger partial charge in [-0.25, -0.2) is 0 Å². The van der Waals surface area contributed by atoms with Crippen LogP contribution in [0.2, 0.25) is 6.04 Å². The number of hydrogen-bond acceptors (Lipinski definition) is 5. The standard InChI is InChI=1S/C5H14O3S2Si/c1-6-5(7-2,8-3)4-11(9)10/h9-11H,4H2,1-3H3. The Balaban J connectivity index is 4.05. The minimum Gasteiger partial charge on any atom is -0.331 e. The van der Waals surface area contributed by atoms with E-state index in [9.17, 15) is 0 Å². The van der Waals surface area contributed by atoms with E-state index in [4.69, 9.17) is 14.2 Å². The summed E-state index contributed by atoms with van der Waals surface area (Å²) in [5, 5.41) is 0. The van der Waals surface area contributed by atoms with Gasteiger partial charge in [0.05, 0.1) is 0 Å². The van der Waals surface area contributed by atoms with Gasteiger partial charge in [-0.15, -0.1) is 0 Å². The minimum absolute atomic E-state index is 0.600. The lowest BCUT2D eigenvalue weighted by atomic mass is 10.6. The van der Waals surface area contributed by atoms with Crippen LogP contribution in [0.15, 0.2) is 0 Å². The largest absolute Gasteiger partial charge is 0.331 e. The molecule has 0 heterocycles. The maximum Gasteiger partial charge on any atom is 0.280 e. The highest BCUT2D eigenvalue weighted by molar-refractivity contribution is 8.40. The van der Waals surface area contributed by atoms with Gasteiger partial charge in [0.1, 0.15) is 0 Å². The topological polar surface area (TPSA) is 27.7 Å². The van der Waals surface area contributed by atoms with Gasteiger partial charge in [-0.1, -0.05) is 0 Å². The van der Waals surface area contributed by atoms with Crippen molar-refractivity contribution >= 4 is 31.3 Å². The molecule has 6 heteroatoms. The third-order valence-electron chi connectivity index (χ3n) is 1.37. The average Bonchev–Trinajstić information content (AvgIpc) is 2.00. The maximum atomic E-state index is 5.04. The van der Waals surface area contributed by atoms with Crippen LogP contribution in [0.1, 0.15) is 0 Å². The van der Waals surface area contributed by atoms with Gasteiger partial charge in [0, 0.05) is 27.4 Å². The molecule has 0 saturated heterocycles. The van der Waals surface area contributed by atoms with E-state index in [1.165, 1.54) is 21.3 Å². The SMILES string of the molecule is COC(C[SiH](S)S)(OC)OC. The molecule has 0 aromatic rings. The second-order valence-electron chi connectivity index (χ2n) is 1.98. The van der Waals surface area contributed by atoms with E-state index in [0.29, 0.717) is 6.04 Å². The molecular weight excluding hydrogens is 200 g/mol. The van der Waals surface area contributed by atoms with Gasteiger partial charge >= 0.3 is 0 Å². The van der Waals surface area contributed by atoms with Gasteiger partial charge in [-0.05, 0) is 0 Å². The van der Waals surface area contributed by atoms with E-state index < -0.39 is 13.1 Å². The molecular formula is C5H14O3S2Si. The molecule has 11 heavy (non-hydrogen) atoms. The van der Waals surface area contributed by atoms with Crippen molar-refractivity contribution < 1.29 is 14.2 Å². The molecule has 3 nitrogen and oxygen atoms in total. The second kappa shape index (κ2) is 5.44. The third kappa shape index (κ3) is 3.82. The first-order valence-electron chi connectivity index (χ1n) is 3.12. The Hall–Kier alpha value is 0.797. The Kier molecular flexibility index (Phi) is 5.84. The molecule has 0 aromatic carbocycles. The number of rotatable bonds is 5. The Morgan fingerprint density at radius 3 is 1.55 bits per heavy atom. The van der Waals surface area contributed by atoms with Crippen molar-refractivity contribution in [3.05, 3.63) is 0 Å². The zero-order valence-corrected chi connectivity index (χ0v) is 9.85. The van der Waals surface area contributed by atoms with Gasteiger partial charge in [0.25, 0.3) is 5.97 Å². The van der Waals surface area contributed by atoms with Crippen molar-refractivity contribution in [2.45, 2.75) is 12.0 Å². The first-order chi connectivity index (χ1) is 5.10. The monoisotopic (exact) mass is 214 g/mol. The normalized spacial score (nSPS) is 12.5. The van der Waals surface area contributed by atoms with Crippen LogP contribution in [0.3, 0.4) is 0 Å².